The Hall–Kier alpha value is -4.17. The van der Waals surface area contributed by atoms with Crippen molar-refractivity contribution in [3.05, 3.63) is 108 Å². The fraction of sp³-hybridized carbons (Fsp3) is 0.115. The summed E-state index contributed by atoms with van der Waals surface area (Å²) >= 11 is 0. The molecule has 0 saturated heterocycles. The lowest BCUT2D eigenvalue weighted by molar-refractivity contribution is 0.629. The molecule has 0 radical (unpaired) electrons. The van der Waals surface area contributed by atoms with E-state index in [0.717, 1.165) is 22.5 Å². The lowest BCUT2D eigenvalue weighted by atomic mass is 10.1. The topological polar surface area (TPSA) is 57.2 Å². The van der Waals surface area contributed by atoms with Crippen LogP contribution < -0.4 is 5.01 Å². The zero-order valence-electron chi connectivity index (χ0n) is 17.2. The Bertz CT molecular complexity index is 1160. The predicted molar refractivity (Wildman–Crippen MR) is 125 cm³/mol. The number of rotatable bonds is 8. The predicted octanol–water partition coefficient (Wildman–Crippen LogP) is 5.50. The van der Waals surface area contributed by atoms with Gasteiger partial charge in [0.15, 0.2) is 0 Å². The molecule has 4 rings (SSSR count). The van der Waals surface area contributed by atoms with Gasteiger partial charge >= 0.3 is 0 Å². The van der Waals surface area contributed by atoms with Crippen molar-refractivity contribution in [2.24, 2.45) is 5.10 Å². The first-order valence-electron chi connectivity index (χ1n) is 10.2. The highest BCUT2D eigenvalue weighted by molar-refractivity contribution is 5.89. The molecule has 0 fully saturated rings. The lowest BCUT2D eigenvalue weighted by Gasteiger charge is -2.19. The Kier molecular flexibility index (Phi) is 6.51. The van der Waals surface area contributed by atoms with Crippen molar-refractivity contribution < 1.29 is 0 Å². The van der Waals surface area contributed by atoms with Gasteiger partial charge in [0.25, 0.3) is 0 Å². The third-order valence-electron chi connectivity index (χ3n) is 4.86. The van der Waals surface area contributed by atoms with Gasteiger partial charge in [-0.15, -0.1) is 0 Å². The zero-order chi connectivity index (χ0) is 21.3. The first-order valence-corrected chi connectivity index (χ1v) is 10.2. The average Bonchev–Trinajstić information content (AvgIpc) is 3.25. The lowest BCUT2D eigenvalue weighted by Crippen LogP contribution is -2.16. The summed E-state index contributed by atoms with van der Waals surface area (Å²) in [6, 6.07) is 32.6. The number of aromatic nitrogens is 2. The van der Waals surface area contributed by atoms with Crippen LogP contribution in [-0.4, -0.2) is 16.0 Å². The van der Waals surface area contributed by atoms with Crippen LogP contribution in [0.1, 0.15) is 17.5 Å². The maximum Gasteiger partial charge on any atom is 0.101 e. The molecule has 0 amide bonds. The highest BCUT2D eigenvalue weighted by Gasteiger charge is 2.11. The maximum absolute atomic E-state index is 8.94. The van der Waals surface area contributed by atoms with Crippen LogP contribution in [0.5, 0.6) is 0 Å². The molecule has 3 aromatic carbocycles. The second-order valence-electron chi connectivity index (χ2n) is 7.09. The SMILES string of the molecule is N#CCCn1cc(/C=N\N(Cc2ccccc2)c2ccccc2)c(-c2ccccc2)n1. The summed E-state index contributed by atoms with van der Waals surface area (Å²) < 4.78 is 1.82. The van der Waals surface area contributed by atoms with Gasteiger partial charge in [-0.2, -0.15) is 15.5 Å². The number of aryl methyl sites for hydroxylation is 1. The van der Waals surface area contributed by atoms with Gasteiger partial charge in [-0.05, 0) is 17.7 Å². The van der Waals surface area contributed by atoms with E-state index in [0.29, 0.717) is 19.5 Å². The molecule has 5 nitrogen and oxygen atoms in total. The first-order chi connectivity index (χ1) is 15.3. The van der Waals surface area contributed by atoms with Gasteiger partial charge in [-0.3, -0.25) is 9.69 Å². The van der Waals surface area contributed by atoms with E-state index in [1.54, 1.807) is 0 Å². The summed E-state index contributed by atoms with van der Waals surface area (Å²) in [4.78, 5) is 0. The number of hydrogen-bond acceptors (Lipinski definition) is 4. The molecule has 0 N–H and O–H groups in total. The van der Waals surface area contributed by atoms with E-state index in [4.69, 9.17) is 15.5 Å². The number of nitriles is 1. The van der Waals surface area contributed by atoms with E-state index in [1.807, 2.05) is 88.8 Å². The number of anilines is 1. The molecular weight excluding hydrogens is 382 g/mol. The third kappa shape index (κ3) is 5.26. The highest BCUT2D eigenvalue weighted by atomic mass is 15.4. The monoisotopic (exact) mass is 405 g/mol. The quantitative estimate of drug-likeness (QED) is 0.287. The van der Waals surface area contributed by atoms with E-state index < -0.39 is 0 Å². The Labute approximate surface area is 182 Å². The number of hydrazone groups is 1. The number of para-hydroxylation sites is 1. The highest BCUT2D eigenvalue weighted by Crippen LogP contribution is 2.22. The molecule has 0 aliphatic heterocycles. The van der Waals surface area contributed by atoms with Crippen LogP contribution in [0.25, 0.3) is 11.3 Å². The molecule has 0 unspecified atom stereocenters. The van der Waals surface area contributed by atoms with Crippen LogP contribution in [0.15, 0.2) is 102 Å². The molecule has 1 aromatic heterocycles. The van der Waals surface area contributed by atoms with E-state index in [-0.39, 0.29) is 0 Å². The molecule has 0 bridgehead atoms. The second-order valence-corrected chi connectivity index (χ2v) is 7.09. The largest absolute Gasteiger partial charge is 0.270 e. The Morgan fingerprint density at radius 3 is 2.23 bits per heavy atom. The third-order valence-corrected chi connectivity index (χ3v) is 4.86. The molecule has 1 heterocycles. The molecule has 4 aromatic rings. The van der Waals surface area contributed by atoms with Gasteiger partial charge in [-0.25, -0.2) is 0 Å². The molecule has 0 aliphatic carbocycles. The molecule has 0 spiro atoms. The molecular formula is C26H23N5. The molecule has 0 atom stereocenters. The minimum Gasteiger partial charge on any atom is -0.270 e. The summed E-state index contributed by atoms with van der Waals surface area (Å²) in [6.45, 7) is 1.21. The van der Waals surface area contributed by atoms with Crippen LogP contribution in [0.4, 0.5) is 5.69 Å². The molecule has 0 saturated carbocycles. The van der Waals surface area contributed by atoms with Gasteiger partial charge < -0.3 is 0 Å². The number of nitrogens with zero attached hydrogens (tertiary/aromatic N) is 5. The standard InChI is InChI=1S/C26H23N5/c27-17-10-18-30-21-24(26(29-30)23-13-6-2-7-14-23)19-28-31(25-15-8-3-9-16-25)20-22-11-4-1-5-12-22/h1-9,11-16,19,21H,10,18,20H2/b28-19-. The van der Waals surface area contributed by atoms with Crippen molar-refractivity contribution in [1.82, 2.24) is 9.78 Å². The molecule has 0 aliphatic rings. The van der Waals surface area contributed by atoms with Gasteiger partial charge in [-0.1, -0.05) is 78.9 Å². The van der Waals surface area contributed by atoms with Crippen molar-refractivity contribution in [3.8, 4) is 17.3 Å². The van der Waals surface area contributed by atoms with E-state index in [2.05, 4.69) is 30.3 Å². The van der Waals surface area contributed by atoms with Gasteiger partial charge in [0, 0.05) is 17.3 Å². The minimum atomic E-state index is 0.413. The van der Waals surface area contributed by atoms with E-state index >= 15 is 0 Å². The fourth-order valence-electron chi connectivity index (χ4n) is 3.32. The smallest absolute Gasteiger partial charge is 0.101 e. The zero-order valence-corrected chi connectivity index (χ0v) is 17.2. The fourth-order valence-corrected chi connectivity index (χ4v) is 3.32. The molecule has 152 valence electrons. The van der Waals surface area contributed by atoms with Crippen molar-refractivity contribution in [3.63, 3.8) is 0 Å². The summed E-state index contributed by atoms with van der Waals surface area (Å²) in [5.74, 6) is 0. The van der Waals surface area contributed by atoms with Crippen LogP contribution >= 0.6 is 0 Å². The van der Waals surface area contributed by atoms with Crippen molar-refractivity contribution in [2.75, 3.05) is 5.01 Å². The van der Waals surface area contributed by atoms with Crippen LogP contribution in [0.3, 0.4) is 0 Å². The first kappa shape index (κ1) is 20.1. The summed E-state index contributed by atoms with van der Waals surface area (Å²) in [5.41, 5.74) is 4.99. The van der Waals surface area contributed by atoms with Crippen LogP contribution in [-0.2, 0) is 13.1 Å². The normalized spacial score (nSPS) is 10.8. The van der Waals surface area contributed by atoms with E-state index in [1.165, 1.54) is 5.56 Å². The second kappa shape index (κ2) is 10.0. The van der Waals surface area contributed by atoms with Crippen molar-refractivity contribution >= 4 is 11.9 Å². The molecule has 31 heavy (non-hydrogen) atoms. The minimum absolute atomic E-state index is 0.413. The van der Waals surface area contributed by atoms with E-state index in [9.17, 15) is 0 Å². The maximum atomic E-state index is 8.94. The summed E-state index contributed by atoms with van der Waals surface area (Å²) in [5, 5.41) is 20.5. The molecule has 5 heteroatoms. The van der Waals surface area contributed by atoms with Crippen molar-refractivity contribution in [1.29, 1.82) is 5.26 Å². The Balaban J connectivity index is 1.68. The van der Waals surface area contributed by atoms with Gasteiger partial charge in [0.05, 0.1) is 37.5 Å². The van der Waals surface area contributed by atoms with Crippen LogP contribution in [0, 0.1) is 11.3 Å². The van der Waals surface area contributed by atoms with Crippen LogP contribution in [0.2, 0.25) is 0 Å². The average molecular weight is 406 g/mol. The van der Waals surface area contributed by atoms with Gasteiger partial charge in [0.1, 0.15) is 5.69 Å². The Morgan fingerprint density at radius 2 is 1.55 bits per heavy atom. The summed E-state index contributed by atoms with van der Waals surface area (Å²) in [7, 11) is 0. The van der Waals surface area contributed by atoms with Gasteiger partial charge in [0.2, 0.25) is 0 Å². The Morgan fingerprint density at radius 1 is 0.903 bits per heavy atom. The number of benzene rings is 3. The van der Waals surface area contributed by atoms with Crippen molar-refractivity contribution in [2.45, 2.75) is 19.5 Å². The summed E-state index contributed by atoms with van der Waals surface area (Å²) in [6.07, 6.45) is 4.22. The number of hydrogen-bond donors (Lipinski definition) is 0.